The third-order valence-corrected chi connectivity index (χ3v) is 2.19. The molecule has 0 unspecified atom stereocenters. The van der Waals surface area contributed by atoms with Gasteiger partial charge >= 0.3 is 5.69 Å². The molecule has 82 valence electrons. The molecule has 8 heteroatoms. The van der Waals surface area contributed by atoms with Gasteiger partial charge in [-0.2, -0.15) is 10.5 Å². The summed E-state index contributed by atoms with van der Waals surface area (Å²) in [7, 11) is 0. The molecule has 0 radical (unpaired) electrons. The number of nitrogens with zero attached hydrogens (tertiary/aromatic N) is 5. The normalized spacial score (nSPS) is 10.1. The summed E-state index contributed by atoms with van der Waals surface area (Å²) < 4.78 is 4.41. The summed E-state index contributed by atoms with van der Waals surface area (Å²) in [5, 5.41) is 35.1. The Hall–Kier alpha value is -3.00. The summed E-state index contributed by atoms with van der Waals surface area (Å²) in [6.07, 6.45) is 0. The maximum Gasteiger partial charge on any atom is 0.300 e. The summed E-state index contributed by atoms with van der Waals surface area (Å²) in [4.78, 5) is 10.1. The Kier molecular flexibility index (Phi) is 2.39. The summed E-state index contributed by atoms with van der Waals surface area (Å²) in [5.74, 6) is -1.06. The van der Waals surface area contributed by atoms with E-state index < -0.39 is 10.8 Å². The van der Waals surface area contributed by atoms with Gasteiger partial charge in [-0.05, 0) is 16.4 Å². The highest BCUT2D eigenvalue weighted by molar-refractivity contribution is 5.86. The lowest BCUT2D eigenvalue weighted by Gasteiger charge is -1.99. The van der Waals surface area contributed by atoms with Crippen molar-refractivity contribution in [2.45, 2.75) is 5.92 Å². The van der Waals surface area contributed by atoms with E-state index >= 15 is 0 Å². The van der Waals surface area contributed by atoms with E-state index in [0.29, 0.717) is 0 Å². The molecule has 0 bridgehead atoms. The molecule has 0 fully saturated rings. The lowest BCUT2D eigenvalue weighted by Crippen LogP contribution is -1.96. The minimum Gasteiger partial charge on any atom is -0.258 e. The first-order chi connectivity index (χ1) is 8.19. The fourth-order valence-corrected chi connectivity index (χ4v) is 1.42. The molecule has 2 aromatic rings. The van der Waals surface area contributed by atoms with Gasteiger partial charge in [-0.1, -0.05) is 0 Å². The quantitative estimate of drug-likeness (QED) is 0.559. The average Bonchev–Trinajstić information content (AvgIpc) is 2.79. The van der Waals surface area contributed by atoms with Crippen LogP contribution < -0.4 is 0 Å². The lowest BCUT2D eigenvalue weighted by molar-refractivity contribution is -0.383. The Bertz CT molecular complexity index is 664. The maximum atomic E-state index is 10.7. The van der Waals surface area contributed by atoms with Gasteiger partial charge in [0, 0.05) is 11.6 Å². The minimum atomic E-state index is -1.06. The number of nitro benzene ring substituents is 1. The molecule has 1 aromatic heterocycles. The fourth-order valence-electron chi connectivity index (χ4n) is 1.42. The highest BCUT2D eigenvalue weighted by atomic mass is 16.6. The molecule has 0 N–H and O–H groups in total. The number of nitriles is 2. The molecule has 0 saturated carbocycles. The first-order valence-corrected chi connectivity index (χ1v) is 4.38. The topological polar surface area (TPSA) is 130 Å². The van der Waals surface area contributed by atoms with Crippen LogP contribution in [0.3, 0.4) is 0 Å². The predicted molar refractivity (Wildman–Crippen MR) is 52.4 cm³/mol. The third-order valence-electron chi connectivity index (χ3n) is 2.19. The number of non-ortho nitro benzene ring substituents is 1. The van der Waals surface area contributed by atoms with Crippen molar-refractivity contribution >= 4 is 16.7 Å². The van der Waals surface area contributed by atoms with Crippen molar-refractivity contribution < 1.29 is 9.55 Å². The second-order valence-electron chi connectivity index (χ2n) is 3.08. The van der Waals surface area contributed by atoms with Crippen molar-refractivity contribution in [3.8, 4) is 12.1 Å². The second-order valence-corrected chi connectivity index (χ2v) is 3.08. The number of nitro groups is 1. The van der Waals surface area contributed by atoms with E-state index in [1.54, 1.807) is 12.1 Å². The Morgan fingerprint density at radius 1 is 1.29 bits per heavy atom. The fraction of sp³-hybridized carbons (Fsp3) is 0.111. The molecule has 1 heterocycles. The summed E-state index contributed by atoms with van der Waals surface area (Å²) in [6, 6.07) is 5.99. The van der Waals surface area contributed by atoms with Crippen LogP contribution in [0.1, 0.15) is 11.5 Å². The number of aromatic nitrogens is 2. The van der Waals surface area contributed by atoms with E-state index in [0.717, 1.165) is 0 Å². The van der Waals surface area contributed by atoms with E-state index in [-0.39, 0.29) is 22.3 Å². The van der Waals surface area contributed by atoms with Gasteiger partial charge < -0.3 is 0 Å². The molecule has 0 spiro atoms. The van der Waals surface area contributed by atoms with Crippen LogP contribution in [0, 0.1) is 32.8 Å². The molecule has 0 aliphatic rings. The molecule has 8 nitrogen and oxygen atoms in total. The van der Waals surface area contributed by atoms with Crippen LogP contribution >= 0.6 is 0 Å². The standard InChI is InChI=1S/C9H3N5O3/c10-3-5(4-11)6-1-2-7(14(15)16)9-8(6)12-17-13-9/h1-2,5H. The zero-order chi connectivity index (χ0) is 12.4. The molecule has 1 aromatic carbocycles. The molecule has 0 saturated heterocycles. The van der Waals surface area contributed by atoms with E-state index in [4.69, 9.17) is 10.5 Å². The summed E-state index contributed by atoms with van der Waals surface area (Å²) in [5.41, 5.74) is -0.0354. The van der Waals surface area contributed by atoms with Crippen molar-refractivity contribution in [3.63, 3.8) is 0 Å². The van der Waals surface area contributed by atoms with Crippen LogP contribution in [0.5, 0.6) is 0 Å². The lowest BCUT2D eigenvalue weighted by atomic mass is 10.00. The highest BCUT2D eigenvalue weighted by Crippen LogP contribution is 2.29. The van der Waals surface area contributed by atoms with Gasteiger partial charge in [0.05, 0.1) is 17.1 Å². The predicted octanol–water partition coefficient (Wildman–Crippen LogP) is 1.26. The number of rotatable bonds is 2. The largest absolute Gasteiger partial charge is 0.300 e. The van der Waals surface area contributed by atoms with E-state index in [2.05, 4.69) is 14.9 Å². The molecular formula is C9H3N5O3. The maximum absolute atomic E-state index is 10.7. The SMILES string of the molecule is N#CC(C#N)c1ccc([N+](=O)[O-])c2nonc12. The highest BCUT2D eigenvalue weighted by Gasteiger charge is 2.23. The molecule has 0 atom stereocenters. The van der Waals surface area contributed by atoms with Gasteiger partial charge in [0.1, 0.15) is 5.52 Å². The van der Waals surface area contributed by atoms with Crippen molar-refractivity contribution in [1.29, 1.82) is 10.5 Å². The molecule has 17 heavy (non-hydrogen) atoms. The Morgan fingerprint density at radius 3 is 2.53 bits per heavy atom. The number of fused-ring (bicyclic) bond motifs is 1. The Labute approximate surface area is 93.8 Å². The van der Waals surface area contributed by atoms with E-state index in [1.165, 1.54) is 12.1 Å². The molecular weight excluding hydrogens is 226 g/mol. The zero-order valence-corrected chi connectivity index (χ0v) is 8.19. The monoisotopic (exact) mass is 229 g/mol. The van der Waals surface area contributed by atoms with Crippen LogP contribution in [0.15, 0.2) is 16.8 Å². The average molecular weight is 229 g/mol. The first kappa shape index (κ1) is 10.5. The van der Waals surface area contributed by atoms with Crippen molar-refractivity contribution in [3.05, 3.63) is 27.8 Å². The zero-order valence-electron chi connectivity index (χ0n) is 8.19. The van der Waals surface area contributed by atoms with E-state index in [9.17, 15) is 10.1 Å². The van der Waals surface area contributed by atoms with Crippen LogP contribution in [0.4, 0.5) is 5.69 Å². The van der Waals surface area contributed by atoms with Gasteiger partial charge in [0.15, 0.2) is 5.92 Å². The van der Waals surface area contributed by atoms with Crippen LogP contribution in [0.25, 0.3) is 11.0 Å². The van der Waals surface area contributed by atoms with Gasteiger partial charge in [-0.3, -0.25) is 10.1 Å². The van der Waals surface area contributed by atoms with Gasteiger partial charge in [-0.15, -0.1) is 0 Å². The molecule has 0 amide bonds. The minimum absolute atomic E-state index is 0.0623. The van der Waals surface area contributed by atoms with E-state index in [1.807, 2.05) is 0 Å². The van der Waals surface area contributed by atoms with Gasteiger partial charge in [0.25, 0.3) is 0 Å². The van der Waals surface area contributed by atoms with Crippen LogP contribution in [0.2, 0.25) is 0 Å². The summed E-state index contributed by atoms with van der Waals surface area (Å²) >= 11 is 0. The van der Waals surface area contributed by atoms with Gasteiger partial charge in [-0.25, -0.2) is 4.63 Å². The number of hydrogen-bond acceptors (Lipinski definition) is 7. The third kappa shape index (κ3) is 1.54. The Balaban J connectivity index is 2.75. The van der Waals surface area contributed by atoms with Crippen LogP contribution in [-0.4, -0.2) is 15.2 Å². The molecule has 0 aliphatic carbocycles. The smallest absolute Gasteiger partial charge is 0.258 e. The number of benzene rings is 1. The Morgan fingerprint density at radius 2 is 1.94 bits per heavy atom. The second kappa shape index (κ2) is 3.87. The van der Waals surface area contributed by atoms with Crippen molar-refractivity contribution in [2.75, 3.05) is 0 Å². The molecule has 2 rings (SSSR count). The van der Waals surface area contributed by atoms with Crippen molar-refractivity contribution in [1.82, 2.24) is 10.3 Å². The first-order valence-electron chi connectivity index (χ1n) is 4.38. The van der Waals surface area contributed by atoms with Gasteiger partial charge in [0.2, 0.25) is 5.52 Å². The molecule has 0 aliphatic heterocycles. The number of hydrogen-bond donors (Lipinski definition) is 0. The summed E-state index contributed by atoms with van der Waals surface area (Å²) in [6.45, 7) is 0. The van der Waals surface area contributed by atoms with Crippen molar-refractivity contribution in [2.24, 2.45) is 0 Å². The van der Waals surface area contributed by atoms with Crippen LogP contribution in [-0.2, 0) is 0 Å².